The maximum Gasteiger partial charge on any atom is 0.108 e. The number of hydrogen-bond acceptors (Lipinski definition) is 2. The second-order valence-corrected chi connectivity index (χ2v) is 4.93. The highest BCUT2D eigenvalue weighted by molar-refractivity contribution is 5.41. The van der Waals surface area contributed by atoms with E-state index in [2.05, 4.69) is 57.3 Å². The molecular weight excluding hydrogens is 234 g/mol. The summed E-state index contributed by atoms with van der Waals surface area (Å²) in [6, 6.07) is 8.82. The van der Waals surface area contributed by atoms with Crippen molar-refractivity contribution in [3.8, 4) is 0 Å². The number of benzene rings is 1. The van der Waals surface area contributed by atoms with Gasteiger partial charge in [-0.1, -0.05) is 32.0 Å². The molecule has 0 bridgehead atoms. The molecule has 0 spiro atoms. The van der Waals surface area contributed by atoms with Crippen LogP contribution in [0.4, 0.5) is 0 Å². The first-order chi connectivity index (χ1) is 9.19. The summed E-state index contributed by atoms with van der Waals surface area (Å²) in [6.45, 7) is 9.57. The number of hydrogen-bond donors (Lipinski definition) is 1. The smallest absolute Gasteiger partial charge is 0.108 e. The van der Waals surface area contributed by atoms with Crippen molar-refractivity contribution in [1.82, 2.24) is 5.32 Å². The molecule has 102 valence electrons. The Morgan fingerprint density at radius 2 is 1.89 bits per heavy atom. The maximum absolute atomic E-state index is 5.59. The van der Waals surface area contributed by atoms with Crippen LogP contribution in [-0.4, -0.2) is 6.54 Å². The van der Waals surface area contributed by atoms with Crippen molar-refractivity contribution < 1.29 is 4.42 Å². The van der Waals surface area contributed by atoms with Crippen molar-refractivity contribution >= 4 is 0 Å². The third kappa shape index (κ3) is 2.74. The van der Waals surface area contributed by atoms with Crippen LogP contribution in [0, 0.1) is 13.8 Å². The average Bonchev–Trinajstić information content (AvgIpc) is 2.88. The van der Waals surface area contributed by atoms with E-state index >= 15 is 0 Å². The molecule has 2 aromatic rings. The van der Waals surface area contributed by atoms with Gasteiger partial charge in [0.1, 0.15) is 5.76 Å². The van der Waals surface area contributed by atoms with E-state index in [0.29, 0.717) is 0 Å². The topological polar surface area (TPSA) is 25.2 Å². The Kier molecular flexibility index (Phi) is 4.43. The Labute approximate surface area is 115 Å². The molecule has 1 aromatic carbocycles. The minimum absolute atomic E-state index is 0.221. The quantitative estimate of drug-likeness (QED) is 0.870. The van der Waals surface area contributed by atoms with Gasteiger partial charge in [-0.2, -0.15) is 0 Å². The fourth-order valence-electron chi connectivity index (χ4n) is 2.57. The normalized spacial score (nSPS) is 12.6. The molecule has 0 saturated carbocycles. The Hall–Kier alpha value is -1.54. The fourth-order valence-corrected chi connectivity index (χ4v) is 2.57. The second-order valence-electron chi connectivity index (χ2n) is 4.93. The number of rotatable bonds is 5. The third-order valence-electron chi connectivity index (χ3n) is 3.78. The lowest BCUT2D eigenvalue weighted by atomic mass is 9.92. The largest absolute Gasteiger partial charge is 0.469 e. The lowest BCUT2D eigenvalue weighted by Gasteiger charge is -2.21. The van der Waals surface area contributed by atoms with E-state index < -0.39 is 0 Å². The first-order valence-electron chi connectivity index (χ1n) is 7.04. The SMILES string of the molecule is CCNC(c1ccoc1CC)c1cccc(C)c1C. The molecular formula is C17H23NO. The second kappa shape index (κ2) is 6.07. The monoisotopic (exact) mass is 257 g/mol. The van der Waals surface area contributed by atoms with Gasteiger partial charge in [0.05, 0.1) is 12.3 Å². The standard InChI is InChI=1S/C17H23NO/c1-5-16-15(10-11-19-16)17(18-6-2)14-9-7-8-12(3)13(14)4/h7-11,17-18H,5-6H2,1-4H3. The van der Waals surface area contributed by atoms with Gasteiger partial charge in [0.2, 0.25) is 0 Å². The molecule has 19 heavy (non-hydrogen) atoms. The summed E-state index contributed by atoms with van der Waals surface area (Å²) < 4.78 is 5.59. The average molecular weight is 257 g/mol. The molecule has 1 N–H and O–H groups in total. The third-order valence-corrected chi connectivity index (χ3v) is 3.78. The lowest BCUT2D eigenvalue weighted by molar-refractivity contribution is 0.501. The zero-order valence-corrected chi connectivity index (χ0v) is 12.3. The highest BCUT2D eigenvalue weighted by atomic mass is 16.3. The van der Waals surface area contributed by atoms with Gasteiger partial charge in [0.25, 0.3) is 0 Å². The highest BCUT2D eigenvalue weighted by Crippen LogP contribution is 2.29. The van der Waals surface area contributed by atoms with E-state index in [1.165, 1.54) is 22.3 Å². The van der Waals surface area contributed by atoms with Crippen molar-refractivity contribution in [1.29, 1.82) is 0 Å². The predicted molar refractivity (Wildman–Crippen MR) is 79.5 cm³/mol. The van der Waals surface area contributed by atoms with Crippen molar-refractivity contribution in [2.24, 2.45) is 0 Å². The Balaban J connectivity index is 2.48. The molecule has 0 amide bonds. The van der Waals surface area contributed by atoms with Crippen LogP contribution in [0.5, 0.6) is 0 Å². The summed E-state index contributed by atoms with van der Waals surface area (Å²) in [7, 11) is 0. The van der Waals surface area contributed by atoms with Crippen LogP contribution in [0.25, 0.3) is 0 Å². The number of nitrogens with one attached hydrogen (secondary N) is 1. The number of aryl methyl sites for hydroxylation is 2. The summed E-state index contributed by atoms with van der Waals surface area (Å²) in [5.41, 5.74) is 5.30. The van der Waals surface area contributed by atoms with Crippen LogP contribution >= 0.6 is 0 Å². The molecule has 0 aliphatic carbocycles. The van der Waals surface area contributed by atoms with Crippen molar-refractivity contribution in [3.63, 3.8) is 0 Å². The lowest BCUT2D eigenvalue weighted by Crippen LogP contribution is -2.23. The molecule has 1 aromatic heterocycles. The Morgan fingerprint density at radius 3 is 2.58 bits per heavy atom. The fraction of sp³-hybridized carbons (Fsp3) is 0.412. The van der Waals surface area contributed by atoms with Gasteiger partial charge in [-0.05, 0) is 43.1 Å². The minimum atomic E-state index is 0.221. The summed E-state index contributed by atoms with van der Waals surface area (Å²) >= 11 is 0. The van der Waals surface area contributed by atoms with Gasteiger partial charge in [-0.3, -0.25) is 0 Å². The summed E-state index contributed by atoms with van der Waals surface area (Å²) in [6.07, 6.45) is 2.72. The molecule has 0 radical (unpaired) electrons. The van der Waals surface area contributed by atoms with Crippen LogP contribution in [0.1, 0.15) is 47.9 Å². The molecule has 1 unspecified atom stereocenters. The van der Waals surface area contributed by atoms with Gasteiger partial charge < -0.3 is 9.73 Å². The van der Waals surface area contributed by atoms with Crippen LogP contribution < -0.4 is 5.32 Å². The highest BCUT2D eigenvalue weighted by Gasteiger charge is 2.20. The van der Waals surface area contributed by atoms with Crippen molar-refractivity contribution in [2.45, 2.75) is 40.2 Å². The van der Waals surface area contributed by atoms with E-state index in [-0.39, 0.29) is 6.04 Å². The first-order valence-corrected chi connectivity index (χ1v) is 7.04. The van der Waals surface area contributed by atoms with E-state index in [1.807, 2.05) is 0 Å². The van der Waals surface area contributed by atoms with Gasteiger partial charge >= 0.3 is 0 Å². The number of furan rings is 1. The van der Waals surface area contributed by atoms with Crippen molar-refractivity contribution in [3.05, 3.63) is 58.5 Å². The molecule has 2 heteroatoms. The molecule has 1 atom stereocenters. The van der Waals surface area contributed by atoms with Crippen molar-refractivity contribution in [2.75, 3.05) is 6.54 Å². The Bertz CT molecular complexity index is 542. The van der Waals surface area contributed by atoms with E-state index in [0.717, 1.165) is 18.7 Å². The van der Waals surface area contributed by atoms with Gasteiger partial charge in [-0.15, -0.1) is 0 Å². The predicted octanol–water partition coefficient (Wildman–Crippen LogP) is 4.16. The molecule has 1 heterocycles. The zero-order valence-electron chi connectivity index (χ0n) is 12.3. The van der Waals surface area contributed by atoms with Gasteiger partial charge in [-0.25, -0.2) is 0 Å². The maximum atomic E-state index is 5.59. The van der Waals surface area contributed by atoms with Gasteiger partial charge in [0, 0.05) is 12.0 Å². The Morgan fingerprint density at radius 1 is 1.11 bits per heavy atom. The molecule has 0 saturated heterocycles. The van der Waals surface area contributed by atoms with E-state index in [9.17, 15) is 0 Å². The van der Waals surface area contributed by atoms with Crippen LogP contribution in [0.15, 0.2) is 34.9 Å². The molecule has 0 aliphatic heterocycles. The summed E-state index contributed by atoms with van der Waals surface area (Å²) in [5, 5.41) is 3.58. The molecule has 0 fully saturated rings. The minimum Gasteiger partial charge on any atom is -0.469 e. The van der Waals surface area contributed by atoms with Crippen LogP contribution in [0.3, 0.4) is 0 Å². The molecule has 2 nitrogen and oxygen atoms in total. The van der Waals surface area contributed by atoms with Gasteiger partial charge in [0.15, 0.2) is 0 Å². The molecule has 2 rings (SSSR count). The van der Waals surface area contributed by atoms with Crippen LogP contribution in [0.2, 0.25) is 0 Å². The van der Waals surface area contributed by atoms with Crippen LogP contribution in [-0.2, 0) is 6.42 Å². The zero-order chi connectivity index (χ0) is 13.8. The van der Waals surface area contributed by atoms with E-state index in [4.69, 9.17) is 4.42 Å². The van der Waals surface area contributed by atoms with E-state index in [1.54, 1.807) is 6.26 Å². The summed E-state index contributed by atoms with van der Waals surface area (Å²) in [5.74, 6) is 1.08. The first kappa shape index (κ1) is 13.9. The summed E-state index contributed by atoms with van der Waals surface area (Å²) in [4.78, 5) is 0. The molecule has 0 aliphatic rings.